The lowest BCUT2D eigenvalue weighted by molar-refractivity contribution is -0.152. The molecule has 0 saturated heterocycles. The van der Waals surface area contributed by atoms with Crippen LogP contribution in [0.2, 0.25) is 0 Å². The van der Waals surface area contributed by atoms with Gasteiger partial charge >= 0.3 is 5.97 Å². The van der Waals surface area contributed by atoms with Gasteiger partial charge in [0.25, 0.3) is 0 Å². The second-order valence-corrected chi connectivity index (χ2v) is 6.65. The molecular weight excluding hydrogens is 292 g/mol. The normalized spacial score (nSPS) is 23.2. The molecule has 124 valence electrons. The molecule has 2 atom stereocenters. The average Bonchev–Trinajstić information content (AvgIpc) is 2.60. The highest BCUT2D eigenvalue weighted by Gasteiger charge is 2.39. The maximum absolute atomic E-state index is 12.9. The first kappa shape index (κ1) is 16.0. The molecule has 3 N–H and O–H groups in total. The Balaban J connectivity index is 1.83. The van der Waals surface area contributed by atoms with E-state index in [-0.39, 0.29) is 11.8 Å². The van der Waals surface area contributed by atoms with E-state index >= 15 is 0 Å². The number of carboxylic acids is 1. The number of hydrogen-bond donors (Lipinski definition) is 2. The number of carbonyl (C=O) groups is 2. The van der Waals surface area contributed by atoms with Gasteiger partial charge in [0.05, 0.1) is 6.04 Å². The molecule has 1 fully saturated rings. The number of carbonyl (C=O) groups excluding carboxylic acids is 1. The highest BCUT2D eigenvalue weighted by Crippen LogP contribution is 2.32. The molecule has 23 heavy (non-hydrogen) atoms. The Bertz CT molecular complexity index is 596. The number of benzene rings is 1. The van der Waals surface area contributed by atoms with E-state index in [9.17, 15) is 14.7 Å². The van der Waals surface area contributed by atoms with E-state index in [0.717, 1.165) is 36.8 Å². The summed E-state index contributed by atoms with van der Waals surface area (Å²) >= 11 is 0. The van der Waals surface area contributed by atoms with E-state index in [1.165, 1.54) is 11.3 Å². The molecule has 3 rings (SSSR count). The van der Waals surface area contributed by atoms with Gasteiger partial charge in [-0.3, -0.25) is 4.79 Å². The number of rotatable bonds is 3. The monoisotopic (exact) mass is 316 g/mol. The Hall–Kier alpha value is -1.88. The number of aliphatic carboxylic acids is 1. The molecule has 1 aliphatic carbocycles. The van der Waals surface area contributed by atoms with Gasteiger partial charge in [0.1, 0.15) is 0 Å². The summed E-state index contributed by atoms with van der Waals surface area (Å²) in [5.74, 6) is -1.01. The fraction of sp³-hybridized carbons (Fsp3) is 0.556. The lowest BCUT2D eigenvalue weighted by Crippen LogP contribution is -2.52. The van der Waals surface area contributed by atoms with Gasteiger partial charge in [-0.15, -0.1) is 0 Å². The molecule has 5 heteroatoms. The van der Waals surface area contributed by atoms with Gasteiger partial charge in [0.2, 0.25) is 5.91 Å². The zero-order valence-electron chi connectivity index (χ0n) is 13.3. The van der Waals surface area contributed by atoms with Gasteiger partial charge < -0.3 is 15.7 Å². The van der Waals surface area contributed by atoms with Crippen molar-refractivity contribution in [2.75, 3.05) is 6.54 Å². The molecule has 0 aromatic heterocycles. The van der Waals surface area contributed by atoms with Crippen LogP contribution in [0.5, 0.6) is 0 Å². The maximum Gasteiger partial charge on any atom is 0.331 e. The quantitative estimate of drug-likeness (QED) is 0.894. The third-order valence-corrected chi connectivity index (χ3v) is 5.24. The van der Waals surface area contributed by atoms with Gasteiger partial charge in [-0.25, -0.2) is 4.79 Å². The Morgan fingerprint density at radius 1 is 1.17 bits per heavy atom. The number of amides is 1. The summed E-state index contributed by atoms with van der Waals surface area (Å²) in [7, 11) is 0. The summed E-state index contributed by atoms with van der Waals surface area (Å²) in [6.07, 6.45) is 6.03. The van der Waals surface area contributed by atoms with Crippen LogP contribution in [0.25, 0.3) is 0 Å². The fourth-order valence-electron chi connectivity index (χ4n) is 3.96. The van der Waals surface area contributed by atoms with Gasteiger partial charge in [-0.2, -0.15) is 0 Å². The van der Waals surface area contributed by atoms with Crippen molar-refractivity contribution in [3.8, 4) is 0 Å². The number of fused-ring (bicyclic) bond motifs is 1. The topological polar surface area (TPSA) is 83.6 Å². The number of carboxylic acid groups (broad SMARTS) is 1. The summed E-state index contributed by atoms with van der Waals surface area (Å²) in [5, 5.41) is 9.66. The third-order valence-electron chi connectivity index (χ3n) is 5.24. The van der Waals surface area contributed by atoms with Crippen LogP contribution in [-0.2, 0) is 16.0 Å². The number of nitrogens with zero attached hydrogens (tertiary/aromatic N) is 1. The first-order chi connectivity index (χ1) is 11.1. The Labute approximate surface area is 136 Å². The summed E-state index contributed by atoms with van der Waals surface area (Å²) < 4.78 is 0. The average molecular weight is 316 g/mol. The summed E-state index contributed by atoms with van der Waals surface area (Å²) in [5.41, 5.74) is 7.95. The van der Waals surface area contributed by atoms with Crippen molar-refractivity contribution >= 4 is 11.9 Å². The molecule has 2 aliphatic rings. The molecule has 0 spiro atoms. The van der Waals surface area contributed by atoms with Crippen molar-refractivity contribution in [1.29, 1.82) is 0 Å². The zero-order chi connectivity index (χ0) is 16.4. The molecule has 5 nitrogen and oxygen atoms in total. The van der Waals surface area contributed by atoms with Crippen molar-refractivity contribution in [3.05, 3.63) is 35.4 Å². The van der Waals surface area contributed by atoms with Crippen molar-refractivity contribution in [2.24, 2.45) is 11.7 Å². The summed E-state index contributed by atoms with van der Waals surface area (Å²) in [6.45, 7) is 0.424. The van der Waals surface area contributed by atoms with Crippen LogP contribution in [0.3, 0.4) is 0 Å². The lowest BCUT2D eigenvalue weighted by atomic mass is 9.83. The van der Waals surface area contributed by atoms with E-state index in [1.54, 1.807) is 6.07 Å². The molecule has 1 aromatic rings. The van der Waals surface area contributed by atoms with Crippen LogP contribution in [0, 0.1) is 5.92 Å². The largest absolute Gasteiger partial charge is 0.479 e. The molecule has 1 saturated carbocycles. The zero-order valence-corrected chi connectivity index (χ0v) is 13.3. The van der Waals surface area contributed by atoms with Crippen molar-refractivity contribution in [1.82, 2.24) is 4.90 Å². The van der Waals surface area contributed by atoms with Crippen molar-refractivity contribution in [2.45, 2.75) is 50.6 Å². The first-order valence-corrected chi connectivity index (χ1v) is 8.46. The Kier molecular flexibility index (Phi) is 4.66. The van der Waals surface area contributed by atoms with E-state index in [0.29, 0.717) is 13.0 Å². The standard InChI is InChI=1S/C18H24N2O3/c19-15(13-7-2-1-3-8-13)17(21)20-11-10-12-6-4-5-9-14(12)16(20)18(22)23/h4-6,9,13,15-16H,1-3,7-8,10-11,19H2,(H,22,23)/t15-,16-/m0/s1. The smallest absolute Gasteiger partial charge is 0.331 e. The predicted molar refractivity (Wildman–Crippen MR) is 86.8 cm³/mol. The second kappa shape index (κ2) is 6.71. The van der Waals surface area contributed by atoms with E-state index in [2.05, 4.69) is 0 Å². The molecule has 0 bridgehead atoms. The fourth-order valence-corrected chi connectivity index (χ4v) is 3.96. The van der Waals surface area contributed by atoms with Gasteiger partial charge in [0.15, 0.2) is 6.04 Å². The molecule has 1 aliphatic heterocycles. The maximum atomic E-state index is 12.9. The van der Waals surface area contributed by atoms with Crippen molar-refractivity contribution < 1.29 is 14.7 Å². The highest BCUT2D eigenvalue weighted by atomic mass is 16.4. The summed E-state index contributed by atoms with van der Waals surface area (Å²) in [6, 6.07) is 5.98. The van der Waals surface area contributed by atoms with E-state index < -0.39 is 18.1 Å². The van der Waals surface area contributed by atoms with Gasteiger partial charge in [-0.1, -0.05) is 43.5 Å². The first-order valence-electron chi connectivity index (χ1n) is 8.46. The van der Waals surface area contributed by atoms with Gasteiger partial charge in [0, 0.05) is 6.54 Å². The molecule has 0 unspecified atom stereocenters. The molecule has 0 radical (unpaired) electrons. The SMILES string of the molecule is N[C@H](C(=O)N1CCc2ccccc2[C@H]1C(=O)O)C1CCCCC1. The Morgan fingerprint density at radius 3 is 2.57 bits per heavy atom. The minimum atomic E-state index is -0.985. The van der Waals surface area contributed by atoms with E-state index in [4.69, 9.17) is 5.73 Å². The summed E-state index contributed by atoms with van der Waals surface area (Å²) in [4.78, 5) is 26.1. The minimum absolute atomic E-state index is 0.183. The number of nitrogens with two attached hydrogens (primary N) is 1. The molecule has 1 amide bonds. The minimum Gasteiger partial charge on any atom is -0.479 e. The highest BCUT2D eigenvalue weighted by molar-refractivity contribution is 5.88. The predicted octanol–water partition coefficient (Wildman–Crippen LogP) is 2.10. The van der Waals surface area contributed by atoms with Crippen LogP contribution in [0.4, 0.5) is 0 Å². The van der Waals surface area contributed by atoms with Crippen molar-refractivity contribution in [3.63, 3.8) is 0 Å². The van der Waals surface area contributed by atoms with Crippen LogP contribution in [0.15, 0.2) is 24.3 Å². The van der Waals surface area contributed by atoms with Crippen LogP contribution < -0.4 is 5.73 Å². The van der Waals surface area contributed by atoms with E-state index in [1.807, 2.05) is 18.2 Å². The van der Waals surface area contributed by atoms with Crippen LogP contribution >= 0.6 is 0 Å². The van der Waals surface area contributed by atoms with Gasteiger partial charge in [-0.05, 0) is 36.3 Å². The number of hydrogen-bond acceptors (Lipinski definition) is 3. The second-order valence-electron chi connectivity index (χ2n) is 6.65. The molecule has 1 heterocycles. The third kappa shape index (κ3) is 3.11. The molecular formula is C18H24N2O3. The Morgan fingerprint density at radius 2 is 1.87 bits per heavy atom. The lowest BCUT2D eigenvalue weighted by Gasteiger charge is -2.38. The van der Waals surface area contributed by atoms with Crippen LogP contribution in [-0.4, -0.2) is 34.5 Å². The van der Waals surface area contributed by atoms with Crippen LogP contribution in [0.1, 0.15) is 49.3 Å². The molecule has 1 aromatic carbocycles.